The molecule has 0 aromatic carbocycles. The van der Waals surface area contributed by atoms with Gasteiger partial charge in [-0.1, -0.05) is 0 Å². The average molecular weight is 287 g/mol. The van der Waals surface area contributed by atoms with Gasteiger partial charge in [-0.25, -0.2) is 13.1 Å². The van der Waals surface area contributed by atoms with Crippen molar-refractivity contribution in [1.29, 1.82) is 0 Å². The van der Waals surface area contributed by atoms with Crippen molar-refractivity contribution in [3.63, 3.8) is 0 Å². The van der Waals surface area contributed by atoms with Gasteiger partial charge in [0.05, 0.1) is 24.5 Å². The fourth-order valence-corrected chi connectivity index (χ4v) is 4.10. The molecule has 0 radical (unpaired) electrons. The van der Waals surface area contributed by atoms with E-state index in [0.29, 0.717) is 23.9 Å². The summed E-state index contributed by atoms with van der Waals surface area (Å²) in [5, 5.41) is 13.1. The normalized spacial score (nSPS) is 17.7. The molecule has 1 aromatic heterocycles. The SMILES string of the molecule is Cc1nn(CCO)c(C)c1S(=O)(=O)NC(C)C1CC1. The Morgan fingerprint density at radius 2 is 2.11 bits per heavy atom. The van der Waals surface area contributed by atoms with Crippen molar-refractivity contribution in [2.45, 2.75) is 51.1 Å². The Hall–Kier alpha value is -0.920. The highest BCUT2D eigenvalue weighted by atomic mass is 32.2. The van der Waals surface area contributed by atoms with Gasteiger partial charge >= 0.3 is 0 Å². The maximum atomic E-state index is 12.4. The molecular formula is C12H21N3O3S. The third-order valence-corrected chi connectivity index (χ3v) is 5.38. The van der Waals surface area contributed by atoms with Crippen LogP contribution in [0.4, 0.5) is 0 Å². The van der Waals surface area contributed by atoms with Crippen LogP contribution >= 0.6 is 0 Å². The Kier molecular flexibility index (Phi) is 3.98. The Balaban J connectivity index is 2.28. The smallest absolute Gasteiger partial charge is 0.244 e. The summed E-state index contributed by atoms with van der Waals surface area (Å²) in [6.45, 7) is 5.54. The summed E-state index contributed by atoms with van der Waals surface area (Å²) < 4.78 is 29.1. The molecule has 2 rings (SSSR count). The van der Waals surface area contributed by atoms with Crippen molar-refractivity contribution in [2.24, 2.45) is 5.92 Å². The predicted molar refractivity (Wildman–Crippen MR) is 71.3 cm³/mol. The van der Waals surface area contributed by atoms with E-state index in [1.54, 1.807) is 13.8 Å². The fraction of sp³-hybridized carbons (Fsp3) is 0.750. The molecule has 1 aromatic rings. The summed E-state index contributed by atoms with van der Waals surface area (Å²) in [5.74, 6) is 0.461. The van der Waals surface area contributed by atoms with Crippen LogP contribution in [-0.2, 0) is 16.6 Å². The standard InChI is InChI=1S/C12H21N3O3S/c1-8(11-4-5-11)14-19(17,18)12-9(2)13-15(6-7-16)10(12)3/h8,11,14,16H,4-7H2,1-3H3. The lowest BCUT2D eigenvalue weighted by molar-refractivity contribution is 0.267. The molecule has 0 aliphatic heterocycles. The first kappa shape index (κ1) is 14.5. The second-order valence-corrected chi connectivity index (χ2v) is 6.84. The predicted octanol–water partition coefficient (Wildman–Crippen LogP) is 0.569. The lowest BCUT2D eigenvalue weighted by Gasteiger charge is -2.13. The summed E-state index contributed by atoms with van der Waals surface area (Å²) in [5.41, 5.74) is 1.04. The Morgan fingerprint density at radius 3 is 2.63 bits per heavy atom. The molecule has 2 N–H and O–H groups in total. The largest absolute Gasteiger partial charge is 0.394 e. The molecule has 0 amide bonds. The maximum Gasteiger partial charge on any atom is 0.244 e. The van der Waals surface area contributed by atoms with Crippen LogP contribution in [0.15, 0.2) is 4.90 Å². The molecule has 1 aliphatic rings. The molecule has 1 saturated carbocycles. The molecule has 1 heterocycles. The molecule has 1 atom stereocenters. The Morgan fingerprint density at radius 1 is 1.47 bits per heavy atom. The first-order valence-electron chi connectivity index (χ1n) is 6.54. The third kappa shape index (κ3) is 2.98. The zero-order valence-electron chi connectivity index (χ0n) is 11.5. The topological polar surface area (TPSA) is 84.2 Å². The number of hydrogen-bond donors (Lipinski definition) is 2. The van der Waals surface area contributed by atoms with Crippen LogP contribution in [0.5, 0.6) is 0 Å². The summed E-state index contributed by atoms with van der Waals surface area (Å²) in [6.07, 6.45) is 2.18. The molecule has 6 nitrogen and oxygen atoms in total. The molecule has 0 bridgehead atoms. The minimum atomic E-state index is -3.54. The van der Waals surface area contributed by atoms with Crippen LogP contribution in [0.25, 0.3) is 0 Å². The van der Waals surface area contributed by atoms with Crippen LogP contribution in [0.3, 0.4) is 0 Å². The summed E-state index contributed by atoms with van der Waals surface area (Å²) in [4.78, 5) is 0.244. The van der Waals surface area contributed by atoms with Crippen LogP contribution in [0.1, 0.15) is 31.2 Å². The van der Waals surface area contributed by atoms with Crippen molar-refractivity contribution >= 4 is 10.0 Å². The highest BCUT2D eigenvalue weighted by Crippen LogP contribution is 2.33. The molecular weight excluding hydrogens is 266 g/mol. The highest BCUT2D eigenvalue weighted by Gasteiger charge is 2.33. The van der Waals surface area contributed by atoms with Gasteiger partial charge in [0, 0.05) is 6.04 Å². The number of aliphatic hydroxyl groups excluding tert-OH is 1. The van der Waals surface area contributed by atoms with Crippen molar-refractivity contribution in [2.75, 3.05) is 6.61 Å². The van der Waals surface area contributed by atoms with E-state index in [-0.39, 0.29) is 17.5 Å². The minimum Gasteiger partial charge on any atom is -0.394 e. The number of sulfonamides is 1. The van der Waals surface area contributed by atoms with Gasteiger partial charge in [0.2, 0.25) is 10.0 Å². The fourth-order valence-electron chi connectivity index (χ4n) is 2.38. The molecule has 1 unspecified atom stereocenters. The van der Waals surface area contributed by atoms with E-state index in [0.717, 1.165) is 12.8 Å². The first-order valence-corrected chi connectivity index (χ1v) is 8.02. The van der Waals surface area contributed by atoms with Gasteiger partial charge in [-0.15, -0.1) is 0 Å². The average Bonchev–Trinajstić information content (AvgIpc) is 3.07. The van der Waals surface area contributed by atoms with Gasteiger partial charge in [0.1, 0.15) is 4.90 Å². The van der Waals surface area contributed by atoms with E-state index in [2.05, 4.69) is 9.82 Å². The summed E-state index contributed by atoms with van der Waals surface area (Å²) in [6, 6.07) is -0.0370. The van der Waals surface area contributed by atoms with Crippen molar-refractivity contribution in [1.82, 2.24) is 14.5 Å². The molecule has 19 heavy (non-hydrogen) atoms. The number of aliphatic hydroxyl groups is 1. The van der Waals surface area contributed by atoms with E-state index >= 15 is 0 Å². The number of nitrogens with one attached hydrogen (secondary N) is 1. The third-order valence-electron chi connectivity index (χ3n) is 3.57. The number of nitrogens with zero attached hydrogens (tertiary/aromatic N) is 2. The molecule has 108 valence electrons. The van der Waals surface area contributed by atoms with Gasteiger partial charge in [0.25, 0.3) is 0 Å². The second-order valence-electron chi connectivity index (χ2n) is 5.19. The van der Waals surface area contributed by atoms with Gasteiger partial charge in [-0.05, 0) is 39.5 Å². The van der Waals surface area contributed by atoms with Gasteiger partial charge < -0.3 is 5.11 Å². The zero-order valence-corrected chi connectivity index (χ0v) is 12.4. The first-order chi connectivity index (χ1) is 8.86. The quantitative estimate of drug-likeness (QED) is 0.801. The monoisotopic (exact) mass is 287 g/mol. The van der Waals surface area contributed by atoms with Crippen molar-refractivity contribution < 1.29 is 13.5 Å². The number of aryl methyl sites for hydroxylation is 1. The van der Waals surface area contributed by atoms with Crippen molar-refractivity contribution in [3.05, 3.63) is 11.4 Å². The zero-order chi connectivity index (χ0) is 14.2. The molecule has 0 saturated heterocycles. The van der Waals surface area contributed by atoms with Gasteiger partial charge in [0.15, 0.2) is 0 Å². The van der Waals surface area contributed by atoms with E-state index in [1.165, 1.54) is 4.68 Å². The molecule has 1 aliphatic carbocycles. The molecule has 7 heteroatoms. The number of hydrogen-bond acceptors (Lipinski definition) is 4. The van der Waals surface area contributed by atoms with E-state index in [1.807, 2.05) is 6.92 Å². The van der Waals surface area contributed by atoms with Crippen LogP contribution in [0.2, 0.25) is 0 Å². The van der Waals surface area contributed by atoms with Crippen LogP contribution < -0.4 is 4.72 Å². The molecule has 1 fully saturated rings. The van der Waals surface area contributed by atoms with E-state index in [4.69, 9.17) is 5.11 Å². The molecule has 0 spiro atoms. The van der Waals surface area contributed by atoms with E-state index in [9.17, 15) is 8.42 Å². The van der Waals surface area contributed by atoms with Gasteiger partial charge in [-0.3, -0.25) is 4.68 Å². The Labute approximate surface area is 113 Å². The maximum absolute atomic E-state index is 12.4. The van der Waals surface area contributed by atoms with Crippen LogP contribution in [0, 0.1) is 19.8 Å². The lowest BCUT2D eigenvalue weighted by Crippen LogP contribution is -2.34. The van der Waals surface area contributed by atoms with Crippen LogP contribution in [-0.4, -0.2) is 36.0 Å². The van der Waals surface area contributed by atoms with Gasteiger partial charge in [-0.2, -0.15) is 5.10 Å². The highest BCUT2D eigenvalue weighted by molar-refractivity contribution is 7.89. The second kappa shape index (κ2) is 5.22. The summed E-state index contributed by atoms with van der Waals surface area (Å²) in [7, 11) is -3.54. The number of rotatable bonds is 6. The number of aromatic nitrogens is 2. The van der Waals surface area contributed by atoms with E-state index < -0.39 is 10.0 Å². The summed E-state index contributed by atoms with van der Waals surface area (Å²) >= 11 is 0. The lowest BCUT2D eigenvalue weighted by atomic mass is 10.2. The Bertz CT molecular complexity index is 561. The minimum absolute atomic E-state index is 0.0370. The van der Waals surface area contributed by atoms with Crippen molar-refractivity contribution in [3.8, 4) is 0 Å².